The highest BCUT2D eigenvalue weighted by atomic mass is 32.2. The van der Waals surface area contributed by atoms with Crippen molar-refractivity contribution in [2.45, 2.75) is 43.7 Å². The number of rotatable bonds is 5. The Morgan fingerprint density at radius 3 is 2.84 bits per heavy atom. The van der Waals surface area contributed by atoms with E-state index in [1.807, 2.05) is 11.6 Å². The summed E-state index contributed by atoms with van der Waals surface area (Å²) in [6, 6.07) is 3.50. The molecule has 1 aromatic heterocycles. The quantitative estimate of drug-likeness (QED) is 0.588. The molecule has 25 heavy (non-hydrogen) atoms. The Kier molecular flexibility index (Phi) is 4.43. The average Bonchev–Trinajstić information content (AvgIpc) is 2.96. The number of primary sulfonamides is 1. The molecule has 0 aliphatic carbocycles. The number of aromatic nitrogens is 3. The van der Waals surface area contributed by atoms with Crippen LogP contribution in [0.2, 0.25) is 0 Å². The summed E-state index contributed by atoms with van der Waals surface area (Å²) in [5.41, 5.74) is 0.00190. The van der Waals surface area contributed by atoms with Crippen LogP contribution in [0.15, 0.2) is 23.1 Å². The van der Waals surface area contributed by atoms with Gasteiger partial charge in [-0.25, -0.2) is 23.2 Å². The molecule has 11 heteroatoms. The molecule has 10 nitrogen and oxygen atoms in total. The van der Waals surface area contributed by atoms with Crippen LogP contribution in [-0.2, 0) is 29.4 Å². The zero-order valence-corrected chi connectivity index (χ0v) is 14.4. The maximum atomic E-state index is 11.6. The van der Waals surface area contributed by atoms with Crippen molar-refractivity contribution in [3.63, 3.8) is 0 Å². The number of fused-ring (bicyclic) bond motifs is 1. The number of hydrogen-bond donors (Lipinski definition) is 2. The number of nitro benzene ring substituents is 1. The van der Waals surface area contributed by atoms with Crippen molar-refractivity contribution in [3.8, 4) is 0 Å². The molecular weight excluding hydrogens is 348 g/mol. The highest BCUT2D eigenvalue weighted by Gasteiger charge is 2.23. The van der Waals surface area contributed by atoms with Gasteiger partial charge in [-0.1, -0.05) is 6.92 Å². The molecule has 0 bridgehead atoms. The highest BCUT2D eigenvalue weighted by molar-refractivity contribution is 7.89. The first kappa shape index (κ1) is 17.3. The van der Waals surface area contributed by atoms with E-state index in [2.05, 4.69) is 15.4 Å². The lowest BCUT2D eigenvalue weighted by Gasteiger charge is -2.24. The van der Waals surface area contributed by atoms with E-state index in [-0.39, 0.29) is 16.6 Å². The van der Waals surface area contributed by atoms with Gasteiger partial charge >= 0.3 is 0 Å². The third-order valence-electron chi connectivity index (χ3n) is 4.02. The predicted octanol–water partition coefficient (Wildman–Crippen LogP) is 0.823. The van der Waals surface area contributed by atoms with Gasteiger partial charge in [-0.15, -0.1) is 0 Å². The van der Waals surface area contributed by atoms with Crippen LogP contribution in [0.1, 0.15) is 25.0 Å². The third-order valence-corrected chi connectivity index (χ3v) is 4.91. The van der Waals surface area contributed by atoms with Crippen LogP contribution in [0.4, 0.5) is 11.4 Å². The summed E-state index contributed by atoms with van der Waals surface area (Å²) in [4.78, 5) is 14.5. The molecule has 0 amide bonds. The van der Waals surface area contributed by atoms with E-state index < -0.39 is 14.9 Å². The van der Waals surface area contributed by atoms with Crippen molar-refractivity contribution in [1.82, 2.24) is 14.8 Å². The van der Waals surface area contributed by atoms with Gasteiger partial charge in [0.2, 0.25) is 10.0 Å². The number of hydrogen-bond acceptors (Lipinski definition) is 7. The zero-order chi connectivity index (χ0) is 18.2. The number of nitro groups is 1. The number of sulfonamides is 1. The fourth-order valence-electron chi connectivity index (χ4n) is 2.80. The van der Waals surface area contributed by atoms with E-state index in [9.17, 15) is 18.5 Å². The van der Waals surface area contributed by atoms with E-state index in [0.29, 0.717) is 12.2 Å². The molecule has 2 heterocycles. The number of nitrogens with zero attached hydrogens (tertiary/aromatic N) is 4. The van der Waals surface area contributed by atoms with Crippen molar-refractivity contribution in [2.75, 3.05) is 5.32 Å². The van der Waals surface area contributed by atoms with Gasteiger partial charge in [0, 0.05) is 36.7 Å². The van der Waals surface area contributed by atoms with Crippen molar-refractivity contribution < 1.29 is 13.3 Å². The number of non-ortho nitro benzene ring substituents is 1. The number of nitrogens with two attached hydrogens (primary N) is 1. The summed E-state index contributed by atoms with van der Waals surface area (Å²) in [6.45, 7) is 2.53. The van der Waals surface area contributed by atoms with Gasteiger partial charge in [0.15, 0.2) is 5.82 Å². The minimum absolute atomic E-state index is 0.0470. The molecule has 0 saturated carbocycles. The SMILES string of the molecule is CCc1nc2n(n1)CC(Nc1cc([N+](=O)[O-])cc(S(N)(=O)=O)c1)CC2. The normalized spacial score (nSPS) is 17.1. The minimum Gasteiger partial charge on any atom is -0.380 e. The topological polar surface area (TPSA) is 146 Å². The Labute approximate surface area is 144 Å². The molecule has 1 atom stereocenters. The number of benzene rings is 1. The van der Waals surface area contributed by atoms with Gasteiger partial charge in [-0.2, -0.15) is 5.10 Å². The summed E-state index contributed by atoms with van der Waals surface area (Å²) < 4.78 is 24.9. The summed E-state index contributed by atoms with van der Waals surface area (Å²) >= 11 is 0. The lowest BCUT2D eigenvalue weighted by Crippen LogP contribution is -2.32. The molecule has 0 fully saturated rings. The molecule has 1 aliphatic heterocycles. The summed E-state index contributed by atoms with van der Waals surface area (Å²) in [5, 5.41) is 23.7. The second kappa shape index (κ2) is 6.41. The first-order chi connectivity index (χ1) is 11.8. The Hall–Kier alpha value is -2.53. The van der Waals surface area contributed by atoms with Crippen LogP contribution in [-0.4, -0.2) is 34.1 Å². The molecule has 3 N–H and O–H groups in total. The van der Waals surface area contributed by atoms with E-state index >= 15 is 0 Å². The van der Waals surface area contributed by atoms with Crippen LogP contribution >= 0.6 is 0 Å². The summed E-state index contributed by atoms with van der Waals surface area (Å²) in [5.74, 6) is 1.70. The first-order valence-electron chi connectivity index (χ1n) is 7.77. The van der Waals surface area contributed by atoms with E-state index in [0.717, 1.165) is 37.0 Å². The molecule has 1 aliphatic rings. The molecule has 1 unspecified atom stereocenters. The van der Waals surface area contributed by atoms with Gasteiger partial charge in [-0.05, 0) is 12.5 Å². The fourth-order valence-corrected chi connectivity index (χ4v) is 3.38. The van der Waals surface area contributed by atoms with Crippen LogP contribution in [0.25, 0.3) is 0 Å². The van der Waals surface area contributed by atoms with Gasteiger partial charge < -0.3 is 5.32 Å². The van der Waals surface area contributed by atoms with Crippen LogP contribution < -0.4 is 10.5 Å². The Morgan fingerprint density at radius 2 is 2.20 bits per heavy atom. The van der Waals surface area contributed by atoms with Crippen molar-refractivity contribution in [1.29, 1.82) is 0 Å². The minimum atomic E-state index is -4.04. The van der Waals surface area contributed by atoms with E-state index in [1.165, 1.54) is 12.1 Å². The summed E-state index contributed by atoms with van der Waals surface area (Å²) in [6.07, 6.45) is 2.23. The first-order valence-corrected chi connectivity index (χ1v) is 9.32. The number of anilines is 1. The molecule has 134 valence electrons. The standard InChI is InChI=1S/C14H18N6O4S/c1-2-13-17-14-4-3-9(8-19(14)18-13)16-10-5-11(20(21)22)7-12(6-10)25(15,23)24/h5-7,9,16H,2-4,8H2,1H3,(H2,15,23,24). The smallest absolute Gasteiger partial charge is 0.272 e. The monoisotopic (exact) mass is 366 g/mol. The van der Waals surface area contributed by atoms with Crippen LogP contribution in [0, 0.1) is 10.1 Å². The third kappa shape index (κ3) is 3.77. The average molecular weight is 366 g/mol. The maximum absolute atomic E-state index is 11.6. The van der Waals surface area contributed by atoms with Crippen molar-refractivity contribution >= 4 is 21.4 Å². The molecule has 0 radical (unpaired) electrons. The Bertz CT molecular complexity index is 923. The number of nitrogens with one attached hydrogen (secondary N) is 1. The van der Waals surface area contributed by atoms with E-state index in [4.69, 9.17) is 5.14 Å². The lowest BCUT2D eigenvalue weighted by atomic mass is 10.1. The molecule has 1 aromatic carbocycles. The zero-order valence-electron chi connectivity index (χ0n) is 13.5. The Morgan fingerprint density at radius 1 is 1.44 bits per heavy atom. The van der Waals surface area contributed by atoms with Crippen LogP contribution in [0.5, 0.6) is 0 Å². The van der Waals surface area contributed by atoms with Gasteiger partial charge in [0.25, 0.3) is 5.69 Å². The second-order valence-electron chi connectivity index (χ2n) is 5.88. The van der Waals surface area contributed by atoms with Crippen molar-refractivity contribution in [2.24, 2.45) is 5.14 Å². The van der Waals surface area contributed by atoms with E-state index in [1.54, 1.807) is 0 Å². The second-order valence-corrected chi connectivity index (χ2v) is 7.44. The largest absolute Gasteiger partial charge is 0.380 e. The van der Waals surface area contributed by atoms with Gasteiger partial charge in [0.1, 0.15) is 5.82 Å². The molecule has 0 saturated heterocycles. The molecule has 0 spiro atoms. The number of aryl methyl sites for hydroxylation is 2. The predicted molar refractivity (Wildman–Crippen MR) is 89.6 cm³/mol. The van der Waals surface area contributed by atoms with Gasteiger partial charge in [0.05, 0.1) is 16.4 Å². The van der Waals surface area contributed by atoms with Crippen molar-refractivity contribution in [3.05, 3.63) is 40.0 Å². The van der Waals surface area contributed by atoms with Gasteiger partial charge in [-0.3, -0.25) is 10.1 Å². The molecular formula is C14H18N6O4S. The fraction of sp³-hybridized carbons (Fsp3) is 0.429. The Balaban J connectivity index is 1.85. The highest BCUT2D eigenvalue weighted by Crippen LogP contribution is 2.25. The molecule has 3 rings (SSSR count). The lowest BCUT2D eigenvalue weighted by molar-refractivity contribution is -0.385. The molecule has 2 aromatic rings. The summed E-state index contributed by atoms with van der Waals surface area (Å²) in [7, 11) is -4.04. The maximum Gasteiger partial charge on any atom is 0.272 e. The van der Waals surface area contributed by atoms with Crippen LogP contribution in [0.3, 0.4) is 0 Å².